The Hall–Kier alpha value is -0.650. The number of nitrogens with zero attached hydrogens (tertiary/aromatic N) is 2. The van der Waals surface area contributed by atoms with Gasteiger partial charge in [0.05, 0.1) is 12.1 Å². The first-order valence-corrected chi connectivity index (χ1v) is 9.23. The highest BCUT2D eigenvalue weighted by Crippen LogP contribution is 2.52. The van der Waals surface area contributed by atoms with Gasteiger partial charge in [-0.05, 0) is 38.8 Å². The molecule has 2 aliphatic heterocycles. The van der Waals surface area contributed by atoms with Crippen molar-refractivity contribution in [1.82, 2.24) is 15.1 Å². The van der Waals surface area contributed by atoms with Gasteiger partial charge in [0.25, 0.3) is 0 Å². The summed E-state index contributed by atoms with van der Waals surface area (Å²) in [7, 11) is 3.72. The number of fused-ring (bicyclic) bond motifs is 1. The number of amides is 1. The second kappa shape index (κ2) is 6.69. The largest absolute Gasteiger partial charge is 0.377 e. The van der Waals surface area contributed by atoms with Gasteiger partial charge in [0.1, 0.15) is 0 Å². The predicted molar refractivity (Wildman–Crippen MR) is 91.3 cm³/mol. The average Bonchev–Trinajstić information content (AvgIpc) is 3.13. The highest BCUT2D eigenvalue weighted by atomic mass is 16.5. The third-order valence-electron chi connectivity index (χ3n) is 6.18. The summed E-state index contributed by atoms with van der Waals surface area (Å²) >= 11 is 0. The van der Waals surface area contributed by atoms with E-state index >= 15 is 0 Å². The third kappa shape index (κ3) is 3.15. The molecule has 0 bridgehead atoms. The fourth-order valence-electron chi connectivity index (χ4n) is 4.95. The minimum Gasteiger partial charge on any atom is -0.377 e. The van der Waals surface area contributed by atoms with Crippen LogP contribution in [0.3, 0.4) is 0 Å². The molecule has 2 heterocycles. The average molecular weight is 323 g/mol. The van der Waals surface area contributed by atoms with Gasteiger partial charge < -0.3 is 15.0 Å². The first-order chi connectivity index (χ1) is 10.9. The smallest absolute Gasteiger partial charge is 0.239 e. The van der Waals surface area contributed by atoms with Crippen LogP contribution in [0.4, 0.5) is 0 Å². The summed E-state index contributed by atoms with van der Waals surface area (Å²) in [5.41, 5.74) is 0.262. The summed E-state index contributed by atoms with van der Waals surface area (Å²) in [6.07, 6.45) is 4.94. The van der Waals surface area contributed by atoms with E-state index in [2.05, 4.69) is 24.1 Å². The molecule has 2 saturated heterocycles. The number of likely N-dealkylation sites (tertiary alicyclic amines) is 1. The maximum absolute atomic E-state index is 12.2. The maximum atomic E-state index is 12.2. The van der Waals surface area contributed by atoms with Crippen LogP contribution < -0.4 is 5.32 Å². The van der Waals surface area contributed by atoms with E-state index in [0.29, 0.717) is 18.1 Å². The lowest BCUT2D eigenvalue weighted by atomic mass is 9.57. The van der Waals surface area contributed by atoms with Crippen molar-refractivity contribution in [3.8, 4) is 0 Å². The minimum atomic E-state index is 0.109. The third-order valence-corrected chi connectivity index (χ3v) is 6.18. The Bertz CT molecular complexity index is 438. The van der Waals surface area contributed by atoms with Crippen molar-refractivity contribution in [2.45, 2.75) is 57.7 Å². The number of hydrogen-bond acceptors (Lipinski definition) is 4. The molecule has 0 radical (unpaired) electrons. The Labute approximate surface area is 140 Å². The maximum Gasteiger partial charge on any atom is 0.239 e. The highest BCUT2D eigenvalue weighted by Gasteiger charge is 2.58. The Morgan fingerprint density at radius 1 is 1.35 bits per heavy atom. The van der Waals surface area contributed by atoms with Crippen molar-refractivity contribution in [1.29, 1.82) is 0 Å². The van der Waals surface area contributed by atoms with Gasteiger partial charge in [0.2, 0.25) is 5.91 Å². The number of hydrogen-bond donors (Lipinski definition) is 1. The number of carbonyl (C=O) groups excluding carboxylic acids is 1. The Morgan fingerprint density at radius 3 is 2.87 bits per heavy atom. The molecule has 0 aromatic rings. The number of carbonyl (C=O) groups is 1. The molecule has 1 saturated carbocycles. The zero-order valence-electron chi connectivity index (χ0n) is 15.2. The molecule has 3 aliphatic rings. The zero-order chi connectivity index (χ0) is 16.6. The van der Waals surface area contributed by atoms with Crippen molar-refractivity contribution in [2.24, 2.45) is 11.3 Å². The number of nitrogens with one attached hydrogen (secondary N) is 1. The summed E-state index contributed by atoms with van der Waals surface area (Å²) in [6, 6.07) is 0.700. The number of ether oxygens (including phenoxy) is 1. The van der Waals surface area contributed by atoms with E-state index in [1.54, 1.807) is 4.90 Å². The lowest BCUT2D eigenvalue weighted by molar-refractivity contribution is -0.133. The van der Waals surface area contributed by atoms with Gasteiger partial charge in [-0.2, -0.15) is 0 Å². The number of rotatable bonds is 6. The van der Waals surface area contributed by atoms with Crippen molar-refractivity contribution < 1.29 is 9.53 Å². The highest BCUT2D eigenvalue weighted by molar-refractivity contribution is 5.81. The van der Waals surface area contributed by atoms with Gasteiger partial charge in [0.15, 0.2) is 0 Å². The lowest BCUT2D eigenvalue weighted by Crippen LogP contribution is -2.65. The van der Waals surface area contributed by atoms with Gasteiger partial charge >= 0.3 is 0 Å². The molecule has 23 heavy (non-hydrogen) atoms. The molecule has 1 N–H and O–H groups in total. The molecule has 3 rings (SSSR count). The molecule has 0 spiro atoms. The summed E-state index contributed by atoms with van der Waals surface area (Å²) in [6.45, 7) is 8.70. The minimum absolute atomic E-state index is 0.109. The summed E-state index contributed by atoms with van der Waals surface area (Å²) in [4.78, 5) is 16.3. The van der Waals surface area contributed by atoms with Gasteiger partial charge in [-0.15, -0.1) is 0 Å². The van der Waals surface area contributed by atoms with Crippen molar-refractivity contribution in [2.75, 3.05) is 40.3 Å². The molecule has 0 aromatic heterocycles. The quantitative estimate of drug-likeness (QED) is 0.749. The first kappa shape index (κ1) is 17.2. The Morgan fingerprint density at radius 2 is 2.13 bits per heavy atom. The molecule has 1 amide bonds. The van der Waals surface area contributed by atoms with Crippen LogP contribution in [0, 0.1) is 11.3 Å². The Balaban J connectivity index is 1.41. The monoisotopic (exact) mass is 323 g/mol. The van der Waals surface area contributed by atoms with Crippen LogP contribution in [0.1, 0.15) is 39.5 Å². The van der Waals surface area contributed by atoms with E-state index in [1.807, 2.05) is 14.1 Å². The first-order valence-electron chi connectivity index (χ1n) is 9.23. The molecule has 3 fully saturated rings. The summed E-state index contributed by atoms with van der Waals surface area (Å²) in [5.74, 6) is 0.974. The molecule has 5 heteroatoms. The molecular weight excluding hydrogens is 290 g/mol. The molecule has 5 nitrogen and oxygen atoms in total. The van der Waals surface area contributed by atoms with Gasteiger partial charge in [-0.1, -0.05) is 13.8 Å². The van der Waals surface area contributed by atoms with E-state index in [-0.39, 0.29) is 17.4 Å². The normalized spacial score (nSPS) is 35.8. The zero-order valence-corrected chi connectivity index (χ0v) is 15.2. The molecular formula is C18H33N3O2. The van der Waals surface area contributed by atoms with Gasteiger partial charge in [-0.3, -0.25) is 9.69 Å². The second-order valence-corrected chi connectivity index (χ2v) is 8.28. The second-order valence-electron chi connectivity index (χ2n) is 8.28. The number of likely N-dealkylation sites (N-methyl/N-ethyl adjacent to an activating group) is 1. The fourth-order valence-corrected chi connectivity index (χ4v) is 4.95. The van der Waals surface area contributed by atoms with Crippen molar-refractivity contribution in [3.05, 3.63) is 0 Å². The summed E-state index contributed by atoms with van der Waals surface area (Å²) < 4.78 is 5.86. The van der Waals surface area contributed by atoms with Crippen LogP contribution in [0.15, 0.2) is 0 Å². The molecule has 0 aromatic carbocycles. The van der Waals surface area contributed by atoms with Crippen LogP contribution in [0.2, 0.25) is 0 Å². The molecule has 132 valence electrons. The Kier molecular flexibility index (Phi) is 5.00. The fraction of sp³-hybridized carbons (Fsp3) is 0.944. The van der Waals surface area contributed by atoms with Crippen LogP contribution >= 0.6 is 0 Å². The van der Waals surface area contributed by atoms with E-state index in [0.717, 1.165) is 45.5 Å². The predicted octanol–water partition coefficient (Wildman–Crippen LogP) is 1.33. The van der Waals surface area contributed by atoms with Crippen LogP contribution in [-0.2, 0) is 9.53 Å². The van der Waals surface area contributed by atoms with Gasteiger partial charge in [0, 0.05) is 44.6 Å². The van der Waals surface area contributed by atoms with E-state index in [1.165, 1.54) is 6.42 Å². The van der Waals surface area contributed by atoms with Crippen LogP contribution in [0.5, 0.6) is 0 Å². The lowest BCUT2D eigenvalue weighted by Gasteiger charge is -2.55. The van der Waals surface area contributed by atoms with E-state index in [4.69, 9.17) is 4.74 Å². The van der Waals surface area contributed by atoms with Crippen LogP contribution in [0.25, 0.3) is 0 Å². The van der Waals surface area contributed by atoms with Crippen molar-refractivity contribution in [3.63, 3.8) is 0 Å². The molecule has 1 aliphatic carbocycles. The summed E-state index contributed by atoms with van der Waals surface area (Å²) in [5, 5.41) is 3.77. The SMILES string of the molecule is CN(C)C(=O)[C@@H]1CCCN1CCCN[C@@H]1[C@@H]2CCO[C@H]2C1(C)C. The van der Waals surface area contributed by atoms with E-state index in [9.17, 15) is 4.79 Å². The molecule has 0 unspecified atom stereocenters. The topological polar surface area (TPSA) is 44.8 Å². The van der Waals surface area contributed by atoms with Crippen LogP contribution in [-0.4, -0.2) is 74.2 Å². The van der Waals surface area contributed by atoms with Crippen molar-refractivity contribution >= 4 is 5.91 Å². The van der Waals surface area contributed by atoms with E-state index < -0.39 is 0 Å². The standard InChI is InChI=1S/C18H33N3O2/c1-18(2)15(13-8-12-23-16(13)18)19-9-6-11-21-10-5-7-14(21)17(22)20(3)4/h13-16,19H,5-12H2,1-4H3/t13-,14-,15+,16+/m0/s1. The molecule has 4 atom stereocenters. The van der Waals surface area contributed by atoms with Gasteiger partial charge in [-0.25, -0.2) is 0 Å².